The number of rotatable bonds is 9. The minimum atomic E-state index is -0.556. The van der Waals surface area contributed by atoms with E-state index in [-0.39, 0.29) is 26.1 Å². The first-order valence-electron chi connectivity index (χ1n) is 8.38. The predicted octanol–water partition coefficient (Wildman–Crippen LogP) is 1.86. The van der Waals surface area contributed by atoms with Gasteiger partial charge in [0.1, 0.15) is 6.10 Å². The molecule has 1 aromatic carbocycles. The Kier molecular flexibility index (Phi) is 7.75. The fourth-order valence-corrected chi connectivity index (χ4v) is 2.13. The third-order valence-electron chi connectivity index (χ3n) is 3.49. The lowest BCUT2D eigenvalue weighted by molar-refractivity contribution is -0.137. The Balaban J connectivity index is 1.59. The molecule has 0 spiro atoms. The summed E-state index contributed by atoms with van der Waals surface area (Å²) in [6.07, 6.45) is 2.91. The van der Waals surface area contributed by atoms with Gasteiger partial charge in [0.25, 0.3) is 0 Å². The molecule has 0 fully saturated rings. The zero-order chi connectivity index (χ0) is 18.8. The van der Waals surface area contributed by atoms with Gasteiger partial charge in [-0.15, -0.1) is 0 Å². The number of aliphatic hydroxyl groups excluding tert-OH is 1. The first kappa shape index (κ1) is 19.6. The number of esters is 1. The number of benzene rings is 1. The molecule has 1 heterocycles. The Morgan fingerprint density at radius 3 is 2.96 bits per heavy atom. The molecule has 1 amide bonds. The van der Waals surface area contributed by atoms with Crippen LogP contribution in [0.5, 0.6) is 11.5 Å². The van der Waals surface area contributed by atoms with E-state index in [0.29, 0.717) is 30.9 Å². The molecule has 0 radical (unpaired) electrons. The van der Waals surface area contributed by atoms with Gasteiger partial charge in [-0.05, 0) is 37.1 Å². The molecule has 0 aromatic heterocycles. The Labute approximate surface area is 151 Å². The summed E-state index contributed by atoms with van der Waals surface area (Å²) in [4.78, 5) is 23.1. The highest BCUT2D eigenvalue weighted by Gasteiger charge is 2.12. The average molecular weight is 365 g/mol. The van der Waals surface area contributed by atoms with Crippen LogP contribution < -0.4 is 14.8 Å². The van der Waals surface area contributed by atoms with Crippen LogP contribution >= 0.6 is 0 Å². The minimum Gasteiger partial charge on any atom is -0.462 e. The van der Waals surface area contributed by atoms with Gasteiger partial charge in [0.2, 0.25) is 6.79 Å². The van der Waals surface area contributed by atoms with Crippen molar-refractivity contribution < 1.29 is 33.6 Å². The number of amides is 1. The van der Waals surface area contributed by atoms with Gasteiger partial charge in [-0.3, -0.25) is 0 Å². The topological polar surface area (TPSA) is 103 Å². The number of hydrogen-bond acceptors (Lipinski definition) is 7. The molecule has 142 valence electrons. The SMILES string of the molecule is CC(CCO)OC(=O)NCCCOC(=O)/C=C/c1ccc2c(c1)OCO2. The number of nitrogens with one attached hydrogen (secondary N) is 1. The lowest BCUT2D eigenvalue weighted by atomic mass is 10.2. The standard InChI is InChI=1S/C18H23NO7/c1-13(7-9-20)26-18(22)19-8-2-10-23-17(21)6-4-14-3-5-15-16(11-14)25-12-24-15/h3-6,11,13,20H,2,7-10,12H2,1H3,(H,19,22)/b6-4+. The third kappa shape index (κ3) is 6.64. The molecule has 2 rings (SSSR count). The van der Waals surface area contributed by atoms with E-state index >= 15 is 0 Å². The van der Waals surface area contributed by atoms with Crippen molar-refractivity contribution in [1.82, 2.24) is 5.32 Å². The Hall–Kier alpha value is -2.74. The fourth-order valence-electron chi connectivity index (χ4n) is 2.13. The van der Waals surface area contributed by atoms with Crippen LogP contribution in [0.2, 0.25) is 0 Å². The molecule has 0 aliphatic carbocycles. The van der Waals surface area contributed by atoms with E-state index in [4.69, 9.17) is 24.1 Å². The Bertz CT molecular complexity index is 644. The minimum absolute atomic E-state index is 0.0375. The van der Waals surface area contributed by atoms with Crippen LogP contribution in [-0.4, -0.2) is 49.8 Å². The van der Waals surface area contributed by atoms with Gasteiger partial charge in [-0.25, -0.2) is 9.59 Å². The van der Waals surface area contributed by atoms with Crippen LogP contribution in [-0.2, 0) is 14.3 Å². The highest BCUT2D eigenvalue weighted by atomic mass is 16.7. The molecular formula is C18H23NO7. The molecule has 1 atom stereocenters. The summed E-state index contributed by atoms with van der Waals surface area (Å²) >= 11 is 0. The number of carbonyl (C=O) groups is 2. The predicted molar refractivity (Wildman–Crippen MR) is 92.8 cm³/mol. The van der Waals surface area contributed by atoms with E-state index in [1.165, 1.54) is 6.08 Å². The van der Waals surface area contributed by atoms with Crippen LogP contribution in [0.15, 0.2) is 24.3 Å². The monoisotopic (exact) mass is 365 g/mol. The van der Waals surface area contributed by atoms with Crippen LogP contribution in [0, 0.1) is 0 Å². The summed E-state index contributed by atoms with van der Waals surface area (Å²) in [6.45, 7) is 2.36. The van der Waals surface area contributed by atoms with Gasteiger partial charge in [0.15, 0.2) is 11.5 Å². The summed E-state index contributed by atoms with van der Waals surface area (Å²) in [5, 5.41) is 11.3. The van der Waals surface area contributed by atoms with Crippen molar-refractivity contribution in [2.24, 2.45) is 0 Å². The van der Waals surface area contributed by atoms with Crippen molar-refractivity contribution in [3.63, 3.8) is 0 Å². The fraction of sp³-hybridized carbons (Fsp3) is 0.444. The van der Waals surface area contributed by atoms with E-state index in [0.717, 1.165) is 5.56 Å². The Morgan fingerprint density at radius 1 is 1.35 bits per heavy atom. The van der Waals surface area contributed by atoms with Gasteiger partial charge in [0.05, 0.1) is 6.61 Å². The number of hydrogen-bond donors (Lipinski definition) is 2. The third-order valence-corrected chi connectivity index (χ3v) is 3.49. The lowest BCUT2D eigenvalue weighted by Gasteiger charge is -2.12. The largest absolute Gasteiger partial charge is 0.462 e. The summed E-state index contributed by atoms with van der Waals surface area (Å²) in [5.74, 6) is 0.857. The molecule has 0 bridgehead atoms. The first-order valence-corrected chi connectivity index (χ1v) is 8.38. The number of fused-ring (bicyclic) bond motifs is 1. The van der Waals surface area contributed by atoms with Crippen molar-refractivity contribution in [1.29, 1.82) is 0 Å². The maximum absolute atomic E-state index is 11.7. The number of carbonyl (C=O) groups excluding carboxylic acids is 2. The normalized spacial score (nSPS) is 13.5. The smallest absolute Gasteiger partial charge is 0.407 e. The van der Waals surface area contributed by atoms with Crippen LogP contribution in [0.25, 0.3) is 6.08 Å². The van der Waals surface area contributed by atoms with Crippen molar-refractivity contribution in [2.75, 3.05) is 26.6 Å². The zero-order valence-electron chi connectivity index (χ0n) is 14.6. The molecule has 1 unspecified atom stereocenters. The highest BCUT2D eigenvalue weighted by molar-refractivity contribution is 5.87. The van der Waals surface area contributed by atoms with Gasteiger partial charge >= 0.3 is 12.1 Å². The van der Waals surface area contributed by atoms with Crippen LogP contribution in [0.3, 0.4) is 0 Å². The number of ether oxygens (including phenoxy) is 4. The summed E-state index contributed by atoms with van der Waals surface area (Å²) in [5.41, 5.74) is 0.799. The van der Waals surface area contributed by atoms with Gasteiger partial charge in [0, 0.05) is 25.6 Å². The summed E-state index contributed by atoms with van der Waals surface area (Å²) in [7, 11) is 0. The van der Waals surface area contributed by atoms with E-state index in [1.807, 2.05) is 6.07 Å². The summed E-state index contributed by atoms with van der Waals surface area (Å²) in [6, 6.07) is 5.36. The molecule has 8 heteroatoms. The molecule has 1 aliphatic rings. The molecule has 0 saturated heterocycles. The van der Waals surface area contributed by atoms with Gasteiger partial charge in [-0.2, -0.15) is 0 Å². The van der Waals surface area contributed by atoms with Gasteiger partial charge in [-0.1, -0.05) is 6.07 Å². The van der Waals surface area contributed by atoms with E-state index in [2.05, 4.69) is 5.32 Å². The van der Waals surface area contributed by atoms with E-state index in [1.54, 1.807) is 25.1 Å². The summed E-state index contributed by atoms with van der Waals surface area (Å²) < 4.78 is 20.5. The first-order chi connectivity index (χ1) is 12.6. The number of alkyl carbamates (subject to hydrolysis) is 1. The van der Waals surface area contributed by atoms with Crippen LogP contribution in [0.4, 0.5) is 4.79 Å². The maximum atomic E-state index is 11.7. The van der Waals surface area contributed by atoms with Crippen LogP contribution in [0.1, 0.15) is 25.3 Å². The van der Waals surface area contributed by atoms with Crippen molar-refractivity contribution in [3.8, 4) is 11.5 Å². The second-order valence-corrected chi connectivity index (χ2v) is 5.62. The van der Waals surface area contributed by atoms with E-state index < -0.39 is 12.1 Å². The second kappa shape index (κ2) is 10.3. The lowest BCUT2D eigenvalue weighted by Crippen LogP contribution is -2.29. The molecule has 26 heavy (non-hydrogen) atoms. The van der Waals surface area contributed by atoms with Crippen molar-refractivity contribution >= 4 is 18.1 Å². The molecule has 1 aliphatic heterocycles. The Morgan fingerprint density at radius 2 is 2.15 bits per heavy atom. The zero-order valence-corrected chi connectivity index (χ0v) is 14.6. The molecule has 2 N–H and O–H groups in total. The highest BCUT2D eigenvalue weighted by Crippen LogP contribution is 2.32. The molecule has 1 aromatic rings. The average Bonchev–Trinajstić information content (AvgIpc) is 3.07. The van der Waals surface area contributed by atoms with Gasteiger partial charge < -0.3 is 29.4 Å². The van der Waals surface area contributed by atoms with Crippen molar-refractivity contribution in [3.05, 3.63) is 29.8 Å². The second-order valence-electron chi connectivity index (χ2n) is 5.62. The van der Waals surface area contributed by atoms with E-state index in [9.17, 15) is 9.59 Å². The molecular weight excluding hydrogens is 342 g/mol. The number of aliphatic hydroxyl groups is 1. The molecule has 0 saturated carbocycles. The molecule has 8 nitrogen and oxygen atoms in total. The van der Waals surface area contributed by atoms with Crippen molar-refractivity contribution in [2.45, 2.75) is 25.9 Å². The quantitative estimate of drug-likeness (QED) is 0.391. The maximum Gasteiger partial charge on any atom is 0.407 e.